The quantitative estimate of drug-likeness (QED) is 0.508. The van der Waals surface area contributed by atoms with Crippen molar-refractivity contribution < 1.29 is 4.79 Å². The number of amidine groups is 1. The zero-order valence-corrected chi connectivity index (χ0v) is 17.3. The lowest BCUT2D eigenvalue weighted by Crippen LogP contribution is -2.15. The van der Waals surface area contributed by atoms with Gasteiger partial charge in [0.05, 0.1) is 5.70 Å². The average Bonchev–Trinajstić information content (AvgIpc) is 3.02. The number of allylic oxidation sites excluding steroid dienone is 1. The second kappa shape index (κ2) is 9.28. The minimum atomic E-state index is -0.103. The summed E-state index contributed by atoms with van der Waals surface area (Å²) >= 11 is 1.61. The molecule has 0 aliphatic rings. The van der Waals surface area contributed by atoms with E-state index in [0.717, 1.165) is 44.5 Å². The minimum absolute atomic E-state index is 0.103. The van der Waals surface area contributed by atoms with E-state index in [1.165, 1.54) is 6.92 Å². The maximum absolute atomic E-state index is 11.4. The van der Waals surface area contributed by atoms with E-state index in [2.05, 4.69) is 22.2 Å². The molecule has 0 aliphatic carbocycles. The first-order chi connectivity index (χ1) is 12.8. The summed E-state index contributed by atoms with van der Waals surface area (Å²) in [4.78, 5) is 21.7. The number of hydrogen-bond donors (Lipinski definition) is 2. The van der Waals surface area contributed by atoms with Crippen LogP contribution in [0.15, 0.2) is 47.6 Å². The van der Waals surface area contributed by atoms with E-state index in [4.69, 9.17) is 4.99 Å². The van der Waals surface area contributed by atoms with Gasteiger partial charge in [-0.15, -0.1) is 11.3 Å². The zero-order valence-electron chi connectivity index (χ0n) is 16.5. The second-order valence-corrected chi connectivity index (χ2v) is 7.50. The Balaban J connectivity index is 2.39. The molecule has 0 saturated carbocycles. The molecule has 0 radical (unpaired) electrons. The molecule has 142 valence electrons. The maximum atomic E-state index is 11.4. The molecule has 0 aliphatic heterocycles. The Bertz CT molecular complexity index is 909. The van der Waals surface area contributed by atoms with E-state index in [1.54, 1.807) is 11.3 Å². The molecule has 0 spiro atoms. The number of hydrogen-bond acceptors (Lipinski definition) is 4. The van der Waals surface area contributed by atoms with Crippen molar-refractivity contribution >= 4 is 40.2 Å². The number of aliphatic imine (C=N–C) groups is 1. The number of nitrogens with zero attached hydrogens (tertiary/aromatic N) is 2. The molecule has 1 aromatic heterocycles. The lowest BCUT2D eigenvalue weighted by molar-refractivity contribution is -0.114. The van der Waals surface area contributed by atoms with E-state index < -0.39 is 0 Å². The Morgan fingerprint density at radius 1 is 1.26 bits per heavy atom. The van der Waals surface area contributed by atoms with Crippen LogP contribution in [0.4, 0.5) is 11.4 Å². The summed E-state index contributed by atoms with van der Waals surface area (Å²) in [5, 5.41) is 7.06. The third-order valence-electron chi connectivity index (χ3n) is 3.77. The molecule has 2 aromatic rings. The zero-order chi connectivity index (χ0) is 20.0. The van der Waals surface area contributed by atoms with Gasteiger partial charge in [-0.3, -0.25) is 4.79 Å². The highest BCUT2D eigenvalue weighted by molar-refractivity contribution is 7.12. The van der Waals surface area contributed by atoms with E-state index in [9.17, 15) is 4.79 Å². The van der Waals surface area contributed by atoms with Crippen molar-refractivity contribution in [3.05, 3.63) is 58.1 Å². The molecule has 0 bridgehead atoms. The highest BCUT2D eigenvalue weighted by Gasteiger charge is 2.10. The van der Waals surface area contributed by atoms with Gasteiger partial charge in [0, 0.05) is 29.4 Å². The van der Waals surface area contributed by atoms with Crippen LogP contribution in [0.2, 0.25) is 0 Å². The number of benzene rings is 1. The molecule has 0 saturated heterocycles. The molecule has 27 heavy (non-hydrogen) atoms. The first-order valence-electron chi connectivity index (χ1n) is 8.84. The van der Waals surface area contributed by atoms with Crippen molar-refractivity contribution in [2.75, 3.05) is 10.6 Å². The number of aromatic nitrogens is 1. The third-order valence-corrected chi connectivity index (χ3v) is 4.70. The fourth-order valence-electron chi connectivity index (χ4n) is 2.46. The summed E-state index contributed by atoms with van der Waals surface area (Å²) < 4.78 is 0. The standard InChI is InChI=1S/C21H26N4OS/c1-7-14(4)20(25-19(8-2)21-22-12-15(5)27-21)24-18-10-13(3)9-17(11-18)23-16(6)26/h8-12H,4,7H2,1-3,5-6H3,(H,23,26)(H,24,25)/b19-8-. The first-order valence-corrected chi connectivity index (χ1v) is 9.66. The molecule has 0 atom stereocenters. The topological polar surface area (TPSA) is 66.4 Å². The summed E-state index contributed by atoms with van der Waals surface area (Å²) in [7, 11) is 0. The van der Waals surface area contributed by atoms with Gasteiger partial charge in [-0.2, -0.15) is 0 Å². The summed E-state index contributed by atoms with van der Waals surface area (Å²) in [6.45, 7) is 13.6. The minimum Gasteiger partial charge on any atom is -0.340 e. The van der Waals surface area contributed by atoms with Gasteiger partial charge in [0.15, 0.2) is 0 Å². The van der Waals surface area contributed by atoms with Crippen molar-refractivity contribution in [2.24, 2.45) is 4.99 Å². The molecule has 1 heterocycles. The molecule has 0 fully saturated rings. The van der Waals surface area contributed by atoms with Crippen LogP contribution < -0.4 is 10.6 Å². The largest absolute Gasteiger partial charge is 0.340 e. The van der Waals surface area contributed by atoms with Gasteiger partial charge in [0.25, 0.3) is 0 Å². The normalized spacial score (nSPS) is 12.0. The molecular weight excluding hydrogens is 356 g/mol. The lowest BCUT2D eigenvalue weighted by atomic mass is 10.1. The Morgan fingerprint density at radius 3 is 2.44 bits per heavy atom. The molecule has 2 rings (SSSR count). The van der Waals surface area contributed by atoms with Gasteiger partial charge in [0.1, 0.15) is 10.8 Å². The fourth-order valence-corrected chi connectivity index (χ4v) is 3.24. The van der Waals surface area contributed by atoms with Gasteiger partial charge >= 0.3 is 0 Å². The van der Waals surface area contributed by atoms with Crippen molar-refractivity contribution in [1.29, 1.82) is 0 Å². The van der Waals surface area contributed by atoms with Crippen LogP contribution in [0.3, 0.4) is 0 Å². The number of amides is 1. The molecule has 1 aromatic carbocycles. The number of anilines is 2. The van der Waals surface area contributed by atoms with Gasteiger partial charge in [-0.05, 0) is 56.5 Å². The van der Waals surface area contributed by atoms with Crippen LogP contribution in [0.25, 0.3) is 5.70 Å². The van der Waals surface area contributed by atoms with Crippen molar-refractivity contribution in [2.45, 2.75) is 41.0 Å². The molecule has 5 nitrogen and oxygen atoms in total. The van der Waals surface area contributed by atoms with Crippen LogP contribution in [0.1, 0.15) is 42.6 Å². The Labute approximate surface area is 165 Å². The second-order valence-electron chi connectivity index (χ2n) is 6.26. The van der Waals surface area contributed by atoms with Crippen LogP contribution in [-0.4, -0.2) is 16.7 Å². The molecule has 0 unspecified atom stereocenters. The van der Waals surface area contributed by atoms with Crippen LogP contribution in [0, 0.1) is 13.8 Å². The molecule has 2 N–H and O–H groups in total. The van der Waals surface area contributed by atoms with Gasteiger partial charge in [-0.25, -0.2) is 9.98 Å². The molecule has 1 amide bonds. The van der Waals surface area contributed by atoms with E-state index in [-0.39, 0.29) is 5.91 Å². The van der Waals surface area contributed by atoms with Crippen LogP contribution >= 0.6 is 11.3 Å². The van der Waals surface area contributed by atoms with E-state index in [0.29, 0.717) is 5.84 Å². The average molecular weight is 383 g/mol. The Morgan fingerprint density at radius 2 is 1.93 bits per heavy atom. The number of rotatable bonds is 6. The van der Waals surface area contributed by atoms with Gasteiger partial charge in [-0.1, -0.05) is 19.6 Å². The smallest absolute Gasteiger partial charge is 0.221 e. The summed E-state index contributed by atoms with van der Waals surface area (Å²) in [5.41, 5.74) is 4.32. The SMILES string of the molecule is C=C(CC)C(=N/C(=C\C)c1ncc(C)s1)Nc1cc(C)cc(NC(C)=O)c1. The summed E-state index contributed by atoms with van der Waals surface area (Å²) in [6, 6.07) is 5.82. The lowest BCUT2D eigenvalue weighted by Gasteiger charge is -2.14. The first kappa shape index (κ1) is 20.6. The predicted molar refractivity (Wildman–Crippen MR) is 116 cm³/mol. The van der Waals surface area contributed by atoms with Gasteiger partial charge in [0.2, 0.25) is 5.91 Å². The predicted octanol–water partition coefficient (Wildman–Crippen LogP) is 5.56. The number of carbonyl (C=O) groups excluding carboxylic acids is 1. The van der Waals surface area contributed by atoms with Crippen LogP contribution in [0.5, 0.6) is 0 Å². The number of nitrogens with one attached hydrogen (secondary N) is 2. The monoisotopic (exact) mass is 382 g/mol. The molecular formula is C21H26N4OS. The summed E-state index contributed by atoms with van der Waals surface area (Å²) in [5.74, 6) is 0.589. The van der Waals surface area contributed by atoms with Crippen molar-refractivity contribution in [1.82, 2.24) is 4.98 Å². The number of thiazole rings is 1. The van der Waals surface area contributed by atoms with Crippen molar-refractivity contribution in [3.8, 4) is 0 Å². The Hall–Kier alpha value is -2.73. The summed E-state index contributed by atoms with van der Waals surface area (Å²) in [6.07, 6.45) is 4.56. The highest BCUT2D eigenvalue weighted by atomic mass is 32.1. The Kier molecular flexibility index (Phi) is 7.07. The van der Waals surface area contributed by atoms with Crippen molar-refractivity contribution in [3.63, 3.8) is 0 Å². The van der Waals surface area contributed by atoms with Gasteiger partial charge < -0.3 is 10.6 Å². The fraction of sp³-hybridized carbons (Fsp3) is 0.286. The maximum Gasteiger partial charge on any atom is 0.221 e. The highest BCUT2D eigenvalue weighted by Crippen LogP contribution is 2.24. The van der Waals surface area contributed by atoms with E-state index >= 15 is 0 Å². The van der Waals surface area contributed by atoms with Crippen LogP contribution in [-0.2, 0) is 4.79 Å². The number of aryl methyl sites for hydroxylation is 2. The molecule has 6 heteroatoms. The van der Waals surface area contributed by atoms with E-state index in [1.807, 2.05) is 58.2 Å². The number of carbonyl (C=O) groups is 1. The third kappa shape index (κ3) is 5.89.